The third kappa shape index (κ3) is 5.24. The van der Waals surface area contributed by atoms with E-state index in [4.69, 9.17) is 9.62 Å². The molecule has 2 N–H and O–H groups in total. The Morgan fingerprint density at radius 3 is 2.81 bits per heavy atom. The molecule has 2 heterocycles. The molecule has 27 heavy (non-hydrogen) atoms. The Morgan fingerprint density at radius 1 is 1.41 bits per heavy atom. The van der Waals surface area contributed by atoms with Crippen molar-refractivity contribution in [2.45, 2.75) is 65.5 Å². The Morgan fingerprint density at radius 2 is 2.19 bits per heavy atom. The Balaban J connectivity index is 0.00000261. The highest BCUT2D eigenvalue weighted by Crippen LogP contribution is 2.21. The first-order chi connectivity index (χ1) is 12.5. The number of halogens is 1. The molecule has 0 spiro atoms. The molecule has 7 nitrogen and oxygen atoms in total. The largest absolute Gasteiger partial charge is 0.361 e. The minimum absolute atomic E-state index is 0. The molecule has 8 heteroatoms. The van der Waals surface area contributed by atoms with Gasteiger partial charge in [0.15, 0.2) is 5.96 Å². The summed E-state index contributed by atoms with van der Waals surface area (Å²) in [7, 11) is 1.81. The second-order valence-corrected chi connectivity index (χ2v) is 7.31. The SMILES string of the molecule is CN=C(NCCc1c(C)noc1C)NC1CCc2cn(C(C)C)nc2C1.I. The topological polar surface area (TPSA) is 80.3 Å². The van der Waals surface area contributed by atoms with Crippen molar-refractivity contribution in [1.29, 1.82) is 0 Å². The van der Waals surface area contributed by atoms with Crippen molar-refractivity contribution in [3.05, 3.63) is 34.5 Å². The number of nitrogens with one attached hydrogen (secondary N) is 2. The second-order valence-electron chi connectivity index (χ2n) is 7.31. The lowest BCUT2D eigenvalue weighted by Gasteiger charge is -2.24. The van der Waals surface area contributed by atoms with Crippen LogP contribution in [0.5, 0.6) is 0 Å². The summed E-state index contributed by atoms with van der Waals surface area (Å²) in [6.07, 6.45) is 6.18. The van der Waals surface area contributed by atoms with E-state index in [9.17, 15) is 0 Å². The highest BCUT2D eigenvalue weighted by atomic mass is 127. The molecule has 1 aliphatic rings. The molecule has 1 aliphatic carbocycles. The predicted octanol–water partition coefficient (Wildman–Crippen LogP) is 2.95. The van der Waals surface area contributed by atoms with Crippen molar-refractivity contribution in [2.24, 2.45) is 4.99 Å². The van der Waals surface area contributed by atoms with E-state index in [2.05, 4.69) is 45.5 Å². The number of nitrogens with zero attached hydrogens (tertiary/aromatic N) is 4. The number of aliphatic imine (C=N–C) groups is 1. The Bertz CT molecular complexity index is 760. The van der Waals surface area contributed by atoms with E-state index in [1.807, 2.05) is 20.9 Å². The van der Waals surface area contributed by atoms with Crippen molar-refractivity contribution >= 4 is 29.9 Å². The number of aryl methyl sites for hydroxylation is 3. The van der Waals surface area contributed by atoms with Gasteiger partial charge in [0, 0.05) is 43.9 Å². The van der Waals surface area contributed by atoms with Crippen LogP contribution in [0.3, 0.4) is 0 Å². The third-order valence-electron chi connectivity index (χ3n) is 5.04. The summed E-state index contributed by atoms with van der Waals surface area (Å²) in [5, 5.41) is 15.7. The van der Waals surface area contributed by atoms with Crippen LogP contribution in [0.25, 0.3) is 0 Å². The first-order valence-corrected chi connectivity index (χ1v) is 9.43. The normalized spacial score (nSPS) is 16.8. The van der Waals surface area contributed by atoms with Crippen molar-refractivity contribution in [3.8, 4) is 0 Å². The molecule has 1 atom stereocenters. The zero-order chi connectivity index (χ0) is 18.7. The van der Waals surface area contributed by atoms with Crippen molar-refractivity contribution < 1.29 is 4.52 Å². The maximum Gasteiger partial charge on any atom is 0.191 e. The number of fused-ring (bicyclic) bond motifs is 1. The molecule has 0 radical (unpaired) electrons. The molecule has 0 fully saturated rings. The predicted molar refractivity (Wildman–Crippen MR) is 118 cm³/mol. The van der Waals surface area contributed by atoms with Crippen LogP contribution in [-0.4, -0.2) is 40.5 Å². The molecule has 150 valence electrons. The van der Waals surface area contributed by atoms with E-state index in [1.165, 1.54) is 16.8 Å². The fourth-order valence-corrected chi connectivity index (χ4v) is 3.45. The van der Waals surface area contributed by atoms with Gasteiger partial charge in [-0.2, -0.15) is 5.10 Å². The maximum atomic E-state index is 5.22. The highest BCUT2D eigenvalue weighted by molar-refractivity contribution is 14.0. The molecular weight excluding hydrogens is 455 g/mol. The van der Waals surface area contributed by atoms with Gasteiger partial charge < -0.3 is 15.2 Å². The van der Waals surface area contributed by atoms with Crippen molar-refractivity contribution in [1.82, 2.24) is 25.6 Å². The van der Waals surface area contributed by atoms with Crippen LogP contribution in [0.15, 0.2) is 15.7 Å². The molecule has 1 unspecified atom stereocenters. The summed E-state index contributed by atoms with van der Waals surface area (Å²) >= 11 is 0. The van der Waals surface area contributed by atoms with Gasteiger partial charge in [0.1, 0.15) is 5.76 Å². The second kappa shape index (κ2) is 9.57. The van der Waals surface area contributed by atoms with E-state index in [1.54, 1.807) is 0 Å². The van der Waals surface area contributed by atoms with E-state index in [0.717, 1.165) is 49.6 Å². The third-order valence-corrected chi connectivity index (χ3v) is 5.04. The van der Waals surface area contributed by atoms with Gasteiger partial charge in [-0.25, -0.2) is 0 Å². The van der Waals surface area contributed by atoms with Gasteiger partial charge in [-0.15, -0.1) is 24.0 Å². The molecular formula is C19H31IN6O. The van der Waals surface area contributed by atoms with Crippen LogP contribution in [0.4, 0.5) is 0 Å². The van der Waals surface area contributed by atoms with Crippen LogP contribution in [0.1, 0.15) is 54.6 Å². The molecule has 0 saturated heterocycles. The van der Waals surface area contributed by atoms with Crippen LogP contribution < -0.4 is 10.6 Å². The van der Waals surface area contributed by atoms with Gasteiger partial charge in [0.05, 0.1) is 11.4 Å². The van der Waals surface area contributed by atoms with Gasteiger partial charge >= 0.3 is 0 Å². The van der Waals surface area contributed by atoms with E-state index in [-0.39, 0.29) is 24.0 Å². The number of aromatic nitrogens is 3. The quantitative estimate of drug-likeness (QED) is 0.386. The van der Waals surface area contributed by atoms with Crippen LogP contribution >= 0.6 is 24.0 Å². The molecule has 0 bridgehead atoms. The van der Waals surface area contributed by atoms with Crippen LogP contribution in [0.2, 0.25) is 0 Å². The standard InChI is InChI=1S/C19H30N6O.HI/c1-12(2)25-11-15-6-7-16(10-18(15)23-25)22-19(20-5)21-9-8-17-13(3)24-26-14(17)4;/h11-12,16H,6-10H2,1-5H3,(H2,20,21,22);1H. The van der Waals surface area contributed by atoms with E-state index in [0.29, 0.717) is 12.1 Å². The van der Waals surface area contributed by atoms with Gasteiger partial charge in [-0.05, 0) is 52.5 Å². The first kappa shape index (κ1) is 21.7. The number of rotatable bonds is 5. The number of hydrogen-bond acceptors (Lipinski definition) is 4. The fourth-order valence-electron chi connectivity index (χ4n) is 3.45. The van der Waals surface area contributed by atoms with Crippen LogP contribution in [0, 0.1) is 13.8 Å². The smallest absolute Gasteiger partial charge is 0.191 e. The Labute approximate surface area is 178 Å². The summed E-state index contributed by atoms with van der Waals surface area (Å²) in [4.78, 5) is 4.36. The van der Waals surface area contributed by atoms with Crippen LogP contribution in [-0.2, 0) is 19.3 Å². The lowest BCUT2D eigenvalue weighted by Crippen LogP contribution is -2.46. The molecule has 0 amide bonds. The average Bonchev–Trinajstić information content (AvgIpc) is 3.18. The van der Waals surface area contributed by atoms with Crippen molar-refractivity contribution in [3.63, 3.8) is 0 Å². The van der Waals surface area contributed by atoms with Gasteiger partial charge in [-0.1, -0.05) is 5.16 Å². The summed E-state index contributed by atoms with van der Waals surface area (Å²) in [6.45, 7) is 9.06. The highest BCUT2D eigenvalue weighted by Gasteiger charge is 2.23. The minimum Gasteiger partial charge on any atom is -0.361 e. The summed E-state index contributed by atoms with van der Waals surface area (Å²) in [5.41, 5.74) is 4.74. The van der Waals surface area contributed by atoms with E-state index < -0.39 is 0 Å². The maximum absolute atomic E-state index is 5.22. The molecule has 0 aliphatic heterocycles. The Hall–Kier alpha value is -1.58. The summed E-state index contributed by atoms with van der Waals surface area (Å²) in [5.74, 6) is 1.74. The lowest BCUT2D eigenvalue weighted by molar-refractivity contribution is 0.392. The molecule has 0 saturated carbocycles. The molecule has 2 aromatic heterocycles. The lowest BCUT2D eigenvalue weighted by atomic mass is 9.94. The zero-order valence-electron chi connectivity index (χ0n) is 16.9. The van der Waals surface area contributed by atoms with Gasteiger partial charge in [-0.3, -0.25) is 9.67 Å². The summed E-state index contributed by atoms with van der Waals surface area (Å²) < 4.78 is 7.29. The monoisotopic (exact) mass is 486 g/mol. The number of hydrogen-bond donors (Lipinski definition) is 2. The van der Waals surface area contributed by atoms with Gasteiger partial charge in [0.25, 0.3) is 0 Å². The average molecular weight is 486 g/mol. The Kier molecular flexibility index (Phi) is 7.69. The van der Waals surface area contributed by atoms with E-state index >= 15 is 0 Å². The molecule has 3 rings (SSSR count). The molecule has 0 aromatic carbocycles. The number of guanidine groups is 1. The zero-order valence-corrected chi connectivity index (χ0v) is 19.2. The van der Waals surface area contributed by atoms with Gasteiger partial charge in [0.2, 0.25) is 0 Å². The molecule has 2 aromatic rings. The van der Waals surface area contributed by atoms with Crippen molar-refractivity contribution in [2.75, 3.05) is 13.6 Å². The summed E-state index contributed by atoms with van der Waals surface area (Å²) in [6, 6.07) is 0.772. The fraction of sp³-hybridized carbons (Fsp3) is 0.632. The first-order valence-electron chi connectivity index (χ1n) is 9.43. The minimum atomic E-state index is 0.